The van der Waals surface area contributed by atoms with Crippen LogP contribution in [0, 0.1) is 17.7 Å². The minimum Gasteiger partial charge on any atom is -0.311 e. The normalized spacial score (nSPS) is 24.0. The first-order valence-electron chi connectivity index (χ1n) is 7.79. The van der Waals surface area contributed by atoms with Gasteiger partial charge in [0.2, 0.25) is 0 Å². The van der Waals surface area contributed by atoms with Crippen LogP contribution in [0.1, 0.15) is 33.3 Å². The van der Waals surface area contributed by atoms with E-state index in [2.05, 4.69) is 53.8 Å². The summed E-state index contributed by atoms with van der Waals surface area (Å²) < 4.78 is 13.9. The Morgan fingerprint density at radius 1 is 1.29 bits per heavy atom. The van der Waals surface area contributed by atoms with Crippen LogP contribution in [0.15, 0.2) is 22.7 Å². The molecule has 1 aromatic carbocycles. The van der Waals surface area contributed by atoms with Gasteiger partial charge in [-0.15, -0.1) is 0 Å². The zero-order valence-corrected chi connectivity index (χ0v) is 15.0. The van der Waals surface area contributed by atoms with Crippen molar-refractivity contribution in [3.05, 3.63) is 34.1 Å². The van der Waals surface area contributed by atoms with Crippen molar-refractivity contribution in [2.24, 2.45) is 11.8 Å². The molecule has 2 unspecified atom stereocenters. The van der Waals surface area contributed by atoms with E-state index in [0.29, 0.717) is 28.4 Å². The number of hydrogen-bond donors (Lipinski definition) is 1. The van der Waals surface area contributed by atoms with Gasteiger partial charge in [0, 0.05) is 31.7 Å². The topological polar surface area (TPSA) is 15.3 Å². The lowest BCUT2D eigenvalue weighted by Crippen LogP contribution is -2.59. The molecule has 118 valence electrons. The van der Waals surface area contributed by atoms with Gasteiger partial charge in [0.15, 0.2) is 0 Å². The van der Waals surface area contributed by atoms with Crippen LogP contribution in [0.25, 0.3) is 0 Å². The fourth-order valence-corrected chi connectivity index (χ4v) is 3.44. The van der Waals surface area contributed by atoms with Crippen LogP contribution in [0.2, 0.25) is 0 Å². The van der Waals surface area contributed by atoms with E-state index in [-0.39, 0.29) is 5.82 Å². The molecule has 4 heteroatoms. The maximum absolute atomic E-state index is 13.4. The van der Waals surface area contributed by atoms with E-state index in [9.17, 15) is 4.39 Å². The Morgan fingerprint density at radius 2 is 2.00 bits per heavy atom. The summed E-state index contributed by atoms with van der Waals surface area (Å²) in [4.78, 5) is 2.55. The van der Waals surface area contributed by atoms with Crippen LogP contribution in [0.5, 0.6) is 0 Å². The Labute approximate surface area is 136 Å². The van der Waals surface area contributed by atoms with Crippen molar-refractivity contribution >= 4 is 15.9 Å². The minimum atomic E-state index is -0.195. The van der Waals surface area contributed by atoms with E-state index in [1.165, 1.54) is 5.56 Å². The van der Waals surface area contributed by atoms with Gasteiger partial charge < -0.3 is 5.32 Å². The van der Waals surface area contributed by atoms with Crippen molar-refractivity contribution in [3.8, 4) is 0 Å². The molecule has 1 N–H and O–H groups in total. The van der Waals surface area contributed by atoms with Crippen LogP contribution in [0.4, 0.5) is 4.39 Å². The van der Waals surface area contributed by atoms with Gasteiger partial charge in [-0.1, -0.05) is 33.8 Å². The van der Waals surface area contributed by atoms with E-state index in [1.54, 1.807) is 6.07 Å². The van der Waals surface area contributed by atoms with Crippen molar-refractivity contribution in [3.63, 3.8) is 0 Å². The lowest BCUT2D eigenvalue weighted by Gasteiger charge is -2.43. The third-order valence-electron chi connectivity index (χ3n) is 4.43. The Balaban J connectivity index is 2.13. The van der Waals surface area contributed by atoms with Gasteiger partial charge in [0.1, 0.15) is 5.82 Å². The van der Waals surface area contributed by atoms with Gasteiger partial charge in [0.05, 0.1) is 4.47 Å². The highest BCUT2D eigenvalue weighted by atomic mass is 79.9. The summed E-state index contributed by atoms with van der Waals surface area (Å²) in [5.74, 6) is 1.04. The quantitative estimate of drug-likeness (QED) is 0.875. The SMILES string of the molecule is CC(C)C1CN(Cc2ccc(F)c(Br)c2)C(C(C)C)CN1. The molecule has 0 radical (unpaired) electrons. The largest absolute Gasteiger partial charge is 0.311 e. The van der Waals surface area contributed by atoms with Gasteiger partial charge in [0.25, 0.3) is 0 Å². The number of halogens is 2. The van der Waals surface area contributed by atoms with E-state index >= 15 is 0 Å². The molecule has 2 rings (SSSR count). The molecule has 0 aliphatic carbocycles. The first-order valence-corrected chi connectivity index (χ1v) is 8.59. The lowest BCUT2D eigenvalue weighted by molar-refractivity contribution is 0.0783. The monoisotopic (exact) mass is 356 g/mol. The molecule has 1 saturated heterocycles. The predicted molar refractivity (Wildman–Crippen MR) is 89.8 cm³/mol. The van der Waals surface area contributed by atoms with Gasteiger partial charge >= 0.3 is 0 Å². The summed E-state index contributed by atoms with van der Waals surface area (Å²) in [5, 5.41) is 3.68. The summed E-state index contributed by atoms with van der Waals surface area (Å²) >= 11 is 3.28. The molecule has 1 heterocycles. The van der Waals surface area contributed by atoms with Crippen molar-refractivity contribution in [2.45, 2.75) is 46.3 Å². The fourth-order valence-electron chi connectivity index (χ4n) is 3.01. The van der Waals surface area contributed by atoms with Crippen molar-refractivity contribution in [1.82, 2.24) is 10.2 Å². The molecule has 0 saturated carbocycles. The number of rotatable bonds is 4. The summed E-state index contributed by atoms with van der Waals surface area (Å²) in [6.45, 7) is 12.0. The van der Waals surface area contributed by atoms with Crippen molar-refractivity contribution in [1.29, 1.82) is 0 Å². The van der Waals surface area contributed by atoms with Crippen LogP contribution in [0.3, 0.4) is 0 Å². The van der Waals surface area contributed by atoms with E-state index in [0.717, 1.165) is 19.6 Å². The molecule has 0 bridgehead atoms. The second-order valence-electron chi connectivity index (χ2n) is 6.75. The summed E-state index contributed by atoms with van der Waals surface area (Å²) in [6.07, 6.45) is 0. The number of nitrogens with zero attached hydrogens (tertiary/aromatic N) is 1. The number of piperazine rings is 1. The third-order valence-corrected chi connectivity index (χ3v) is 5.04. The van der Waals surface area contributed by atoms with Gasteiger partial charge in [-0.2, -0.15) is 0 Å². The Morgan fingerprint density at radius 3 is 2.57 bits per heavy atom. The highest BCUT2D eigenvalue weighted by molar-refractivity contribution is 9.10. The van der Waals surface area contributed by atoms with E-state index in [1.807, 2.05) is 12.1 Å². The maximum atomic E-state index is 13.4. The predicted octanol–water partition coefficient (Wildman–Crippen LogP) is 4.04. The van der Waals surface area contributed by atoms with Crippen molar-refractivity contribution < 1.29 is 4.39 Å². The molecule has 2 nitrogen and oxygen atoms in total. The second kappa shape index (κ2) is 7.21. The Kier molecular flexibility index (Phi) is 5.81. The van der Waals surface area contributed by atoms with E-state index in [4.69, 9.17) is 0 Å². The van der Waals surface area contributed by atoms with Gasteiger partial charge in [-0.05, 0) is 45.5 Å². The summed E-state index contributed by atoms with van der Waals surface area (Å²) in [7, 11) is 0. The lowest BCUT2D eigenvalue weighted by atomic mass is 9.94. The van der Waals surface area contributed by atoms with Crippen LogP contribution in [-0.2, 0) is 6.54 Å². The minimum absolute atomic E-state index is 0.195. The highest BCUT2D eigenvalue weighted by Gasteiger charge is 2.30. The zero-order valence-electron chi connectivity index (χ0n) is 13.4. The maximum Gasteiger partial charge on any atom is 0.137 e. The highest BCUT2D eigenvalue weighted by Crippen LogP contribution is 2.23. The van der Waals surface area contributed by atoms with Gasteiger partial charge in [-0.25, -0.2) is 4.39 Å². The number of nitrogens with one attached hydrogen (secondary N) is 1. The first kappa shape index (κ1) is 16.9. The van der Waals surface area contributed by atoms with E-state index < -0.39 is 0 Å². The standard InChI is InChI=1S/C17H26BrFN2/c1-11(2)16-10-21(17(8-20-16)12(3)4)9-13-5-6-15(19)14(18)7-13/h5-7,11-12,16-17,20H,8-10H2,1-4H3. The van der Waals surface area contributed by atoms with Crippen LogP contribution < -0.4 is 5.32 Å². The molecule has 0 spiro atoms. The Hall–Kier alpha value is -0.450. The molecule has 1 fully saturated rings. The average molecular weight is 357 g/mol. The number of benzene rings is 1. The fraction of sp³-hybridized carbons (Fsp3) is 0.647. The molecular formula is C17H26BrFN2. The number of hydrogen-bond acceptors (Lipinski definition) is 2. The summed E-state index contributed by atoms with van der Waals surface area (Å²) in [6, 6.07) is 6.40. The van der Waals surface area contributed by atoms with Crippen LogP contribution in [-0.4, -0.2) is 30.1 Å². The first-order chi connectivity index (χ1) is 9.88. The van der Waals surface area contributed by atoms with Gasteiger partial charge in [-0.3, -0.25) is 4.90 Å². The second-order valence-corrected chi connectivity index (χ2v) is 7.60. The Bertz CT molecular complexity index is 476. The molecule has 2 atom stereocenters. The molecular weight excluding hydrogens is 331 g/mol. The molecule has 21 heavy (non-hydrogen) atoms. The molecule has 0 aromatic heterocycles. The summed E-state index contributed by atoms with van der Waals surface area (Å²) in [5.41, 5.74) is 1.17. The molecule has 0 amide bonds. The smallest absolute Gasteiger partial charge is 0.137 e. The molecule has 1 aliphatic rings. The van der Waals surface area contributed by atoms with Crippen LogP contribution >= 0.6 is 15.9 Å². The molecule has 1 aliphatic heterocycles. The third kappa shape index (κ3) is 4.27. The average Bonchev–Trinajstić information content (AvgIpc) is 2.42. The van der Waals surface area contributed by atoms with Crippen molar-refractivity contribution in [2.75, 3.05) is 13.1 Å². The molecule has 1 aromatic rings. The zero-order chi connectivity index (χ0) is 15.6.